The maximum atomic E-state index is 5.60. The summed E-state index contributed by atoms with van der Waals surface area (Å²) in [5.41, 5.74) is 1.29. The van der Waals surface area contributed by atoms with E-state index in [4.69, 9.17) is 4.74 Å². The molecule has 16 heavy (non-hydrogen) atoms. The van der Waals surface area contributed by atoms with E-state index in [2.05, 4.69) is 35.2 Å². The van der Waals surface area contributed by atoms with Crippen LogP contribution in [0.5, 0.6) is 0 Å². The lowest BCUT2D eigenvalue weighted by Gasteiger charge is -2.30. The summed E-state index contributed by atoms with van der Waals surface area (Å²) in [6.07, 6.45) is 4.29. The van der Waals surface area contributed by atoms with Crippen molar-refractivity contribution in [3.8, 4) is 0 Å². The Morgan fingerprint density at radius 3 is 2.44 bits per heavy atom. The van der Waals surface area contributed by atoms with Gasteiger partial charge in [-0.05, 0) is 31.5 Å². The number of ether oxygens (including phenoxy) is 1. The molecule has 0 spiro atoms. The van der Waals surface area contributed by atoms with Gasteiger partial charge >= 0.3 is 0 Å². The van der Waals surface area contributed by atoms with Gasteiger partial charge in [0, 0.05) is 13.7 Å². The zero-order valence-corrected chi connectivity index (χ0v) is 10.1. The minimum atomic E-state index is 0.222. The van der Waals surface area contributed by atoms with E-state index < -0.39 is 0 Å². The zero-order valence-electron chi connectivity index (χ0n) is 10.1. The Kier molecular flexibility index (Phi) is 4.37. The second-order valence-corrected chi connectivity index (χ2v) is 4.50. The van der Waals surface area contributed by atoms with Crippen LogP contribution in [0.25, 0.3) is 0 Å². The third-order valence-corrected chi connectivity index (χ3v) is 3.33. The van der Waals surface area contributed by atoms with E-state index in [1.165, 1.54) is 37.9 Å². The van der Waals surface area contributed by atoms with Crippen molar-refractivity contribution in [3.63, 3.8) is 0 Å². The molecule has 0 aliphatic carbocycles. The molecule has 88 valence electrons. The molecule has 1 aromatic rings. The van der Waals surface area contributed by atoms with Gasteiger partial charge in [0.2, 0.25) is 0 Å². The highest BCUT2D eigenvalue weighted by Gasteiger charge is 2.17. The molecule has 1 aromatic carbocycles. The highest BCUT2D eigenvalue weighted by atomic mass is 16.5. The van der Waals surface area contributed by atoms with Gasteiger partial charge in [-0.2, -0.15) is 0 Å². The van der Waals surface area contributed by atoms with Crippen LogP contribution in [0.15, 0.2) is 30.3 Å². The van der Waals surface area contributed by atoms with Crippen LogP contribution in [0.1, 0.15) is 30.9 Å². The first-order chi connectivity index (χ1) is 7.90. The zero-order chi connectivity index (χ0) is 11.2. The van der Waals surface area contributed by atoms with Gasteiger partial charge in [-0.25, -0.2) is 0 Å². The van der Waals surface area contributed by atoms with E-state index in [0.29, 0.717) is 0 Å². The number of benzene rings is 1. The first kappa shape index (κ1) is 11.6. The molecule has 1 heterocycles. The summed E-state index contributed by atoms with van der Waals surface area (Å²) in [5.74, 6) is 0. The molecule has 1 saturated heterocycles. The fraction of sp³-hybridized carbons (Fsp3) is 0.571. The molecule has 1 fully saturated rings. The summed E-state index contributed by atoms with van der Waals surface area (Å²) in [5, 5.41) is 0. The summed E-state index contributed by atoms with van der Waals surface area (Å²) in [6.45, 7) is 3.49. The molecular formula is C14H21NO. The van der Waals surface area contributed by atoms with Crippen LogP contribution >= 0.6 is 0 Å². The number of methoxy groups -OCH3 is 1. The number of hydrogen-bond donors (Lipinski definition) is 0. The Morgan fingerprint density at radius 1 is 1.12 bits per heavy atom. The molecule has 0 N–H and O–H groups in total. The number of likely N-dealkylation sites (tertiary alicyclic amines) is 1. The monoisotopic (exact) mass is 219 g/mol. The molecule has 0 saturated carbocycles. The van der Waals surface area contributed by atoms with Gasteiger partial charge in [0.05, 0.1) is 6.10 Å². The van der Waals surface area contributed by atoms with Gasteiger partial charge in [-0.15, -0.1) is 0 Å². The lowest BCUT2D eigenvalue weighted by Crippen LogP contribution is -2.34. The van der Waals surface area contributed by atoms with Crippen LogP contribution in [-0.2, 0) is 4.74 Å². The van der Waals surface area contributed by atoms with Crippen LogP contribution < -0.4 is 0 Å². The number of nitrogens with zero attached hydrogens (tertiary/aromatic N) is 1. The average Bonchev–Trinajstić information content (AvgIpc) is 2.38. The minimum Gasteiger partial charge on any atom is -0.375 e. The van der Waals surface area contributed by atoms with Gasteiger partial charge in [0.25, 0.3) is 0 Å². The molecule has 1 aliphatic rings. The second-order valence-electron chi connectivity index (χ2n) is 4.50. The van der Waals surface area contributed by atoms with Crippen LogP contribution in [0.4, 0.5) is 0 Å². The molecular weight excluding hydrogens is 198 g/mol. The van der Waals surface area contributed by atoms with Crippen LogP contribution in [0.3, 0.4) is 0 Å². The molecule has 1 atom stereocenters. The topological polar surface area (TPSA) is 12.5 Å². The molecule has 0 bridgehead atoms. The predicted molar refractivity (Wildman–Crippen MR) is 66.5 cm³/mol. The molecule has 2 heteroatoms. The summed E-state index contributed by atoms with van der Waals surface area (Å²) < 4.78 is 5.60. The van der Waals surface area contributed by atoms with Gasteiger partial charge in [-0.3, -0.25) is 0 Å². The van der Waals surface area contributed by atoms with Crippen molar-refractivity contribution >= 4 is 0 Å². The van der Waals surface area contributed by atoms with Crippen molar-refractivity contribution in [2.45, 2.75) is 25.4 Å². The van der Waals surface area contributed by atoms with Crippen LogP contribution in [-0.4, -0.2) is 31.6 Å². The quantitative estimate of drug-likeness (QED) is 0.772. The Balaban J connectivity index is 1.94. The largest absolute Gasteiger partial charge is 0.375 e. The number of hydrogen-bond acceptors (Lipinski definition) is 2. The third-order valence-electron chi connectivity index (χ3n) is 3.33. The summed E-state index contributed by atoms with van der Waals surface area (Å²) >= 11 is 0. The van der Waals surface area contributed by atoms with Crippen molar-refractivity contribution in [1.29, 1.82) is 0 Å². The standard InChI is InChI=1S/C14H21NO/c1-16-14(13-8-4-2-5-9-13)12-15-10-6-3-7-11-15/h2,4-5,8-9,14H,3,6-7,10-12H2,1H3. The van der Waals surface area contributed by atoms with E-state index in [1.54, 1.807) is 0 Å². The molecule has 0 amide bonds. The molecule has 1 aliphatic heterocycles. The second kappa shape index (κ2) is 6.02. The maximum Gasteiger partial charge on any atom is 0.0947 e. The predicted octanol–water partition coefficient (Wildman–Crippen LogP) is 2.86. The lowest BCUT2D eigenvalue weighted by atomic mass is 10.1. The Morgan fingerprint density at radius 2 is 1.81 bits per heavy atom. The van der Waals surface area contributed by atoms with E-state index >= 15 is 0 Å². The van der Waals surface area contributed by atoms with Crippen LogP contribution in [0.2, 0.25) is 0 Å². The first-order valence-corrected chi connectivity index (χ1v) is 6.20. The van der Waals surface area contributed by atoms with Crippen molar-refractivity contribution in [2.75, 3.05) is 26.7 Å². The fourth-order valence-corrected chi connectivity index (χ4v) is 2.36. The lowest BCUT2D eigenvalue weighted by molar-refractivity contribution is 0.0570. The maximum absolute atomic E-state index is 5.60. The molecule has 1 unspecified atom stereocenters. The highest BCUT2D eigenvalue weighted by molar-refractivity contribution is 5.17. The smallest absolute Gasteiger partial charge is 0.0947 e. The van der Waals surface area contributed by atoms with E-state index in [1.807, 2.05) is 7.11 Å². The van der Waals surface area contributed by atoms with Crippen molar-refractivity contribution < 1.29 is 4.74 Å². The van der Waals surface area contributed by atoms with E-state index in [9.17, 15) is 0 Å². The highest BCUT2D eigenvalue weighted by Crippen LogP contribution is 2.19. The number of piperidine rings is 1. The van der Waals surface area contributed by atoms with E-state index in [-0.39, 0.29) is 6.10 Å². The van der Waals surface area contributed by atoms with Crippen molar-refractivity contribution in [3.05, 3.63) is 35.9 Å². The van der Waals surface area contributed by atoms with Gasteiger partial charge in [-0.1, -0.05) is 36.8 Å². The molecule has 0 radical (unpaired) electrons. The van der Waals surface area contributed by atoms with Gasteiger partial charge in [0.1, 0.15) is 0 Å². The van der Waals surface area contributed by atoms with Gasteiger partial charge < -0.3 is 9.64 Å². The Hall–Kier alpha value is -0.860. The van der Waals surface area contributed by atoms with Gasteiger partial charge in [0.15, 0.2) is 0 Å². The number of rotatable bonds is 4. The fourth-order valence-electron chi connectivity index (χ4n) is 2.36. The average molecular weight is 219 g/mol. The van der Waals surface area contributed by atoms with Crippen LogP contribution in [0, 0.1) is 0 Å². The normalized spacial score (nSPS) is 19.6. The third kappa shape index (κ3) is 3.06. The Labute approximate surface area is 98.2 Å². The van der Waals surface area contributed by atoms with Crippen molar-refractivity contribution in [2.24, 2.45) is 0 Å². The van der Waals surface area contributed by atoms with E-state index in [0.717, 1.165) is 6.54 Å². The minimum absolute atomic E-state index is 0.222. The summed E-state index contributed by atoms with van der Waals surface area (Å²) in [6, 6.07) is 10.5. The van der Waals surface area contributed by atoms with Crippen molar-refractivity contribution in [1.82, 2.24) is 4.90 Å². The summed E-state index contributed by atoms with van der Waals surface area (Å²) in [7, 11) is 1.81. The molecule has 2 nitrogen and oxygen atoms in total. The molecule has 0 aromatic heterocycles. The molecule has 2 rings (SSSR count). The SMILES string of the molecule is COC(CN1CCCCC1)c1ccccc1. The summed E-state index contributed by atoms with van der Waals surface area (Å²) in [4.78, 5) is 2.52. The Bertz CT molecular complexity index is 293. The first-order valence-electron chi connectivity index (χ1n) is 6.20.